The molecule has 0 unspecified atom stereocenters. The molecule has 2 aromatic rings. The molecule has 1 aromatic heterocycles. The van der Waals surface area contributed by atoms with Gasteiger partial charge in [-0.1, -0.05) is 11.6 Å². The van der Waals surface area contributed by atoms with Crippen molar-refractivity contribution in [3.63, 3.8) is 0 Å². The van der Waals surface area contributed by atoms with Crippen molar-refractivity contribution in [1.82, 2.24) is 9.71 Å². The number of rotatable bonds is 6. The number of benzene rings is 1. The van der Waals surface area contributed by atoms with E-state index in [9.17, 15) is 13.2 Å². The predicted octanol–water partition coefficient (Wildman–Crippen LogP) is 2.44. The fraction of sp³-hybridized carbons (Fsp3) is 0.250. The van der Waals surface area contributed by atoms with Gasteiger partial charge in [0.1, 0.15) is 10.9 Å². The van der Waals surface area contributed by atoms with Crippen molar-refractivity contribution >= 4 is 33.2 Å². The van der Waals surface area contributed by atoms with Crippen molar-refractivity contribution in [2.75, 3.05) is 12.4 Å². The van der Waals surface area contributed by atoms with Crippen molar-refractivity contribution in [3.8, 4) is 5.75 Å². The van der Waals surface area contributed by atoms with Crippen LogP contribution in [-0.2, 0) is 10.0 Å². The van der Waals surface area contributed by atoms with E-state index >= 15 is 0 Å². The summed E-state index contributed by atoms with van der Waals surface area (Å²) in [6.07, 6.45) is 3.08. The number of methoxy groups -OCH3 is 1. The van der Waals surface area contributed by atoms with Gasteiger partial charge < -0.3 is 10.1 Å². The summed E-state index contributed by atoms with van der Waals surface area (Å²) in [6.45, 7) is 0. The number of nitrogens with zero attached hydrogens (tertiary/aromatic N) is 1. The van der Waals surface area contributed by atoms with Crippen LogP contribution in [0.15, 0.2) is 41.4 Å². The lowest BCUT2D eigenvalue weighted by atomic mass is 10.2. The molecule has 1 aliphatic carbocycles. The largest absolute Gasteiger partial charge is 0.495 e. The Hall–Kier alpha value is -2.16. The standard InChI is InChI=1S/C16H16ClN3O4S/c1-24-14-5-4-12(25(22,23)20-11-2-3-11)9-13(14)19-16(21)10-6-7-18-15(17)8-10/h4-9,11,20H,2-3H2,1H3,(H,19,21). The van der Waals surface area contributed by atoms with Crippen molar-refractivity contribution in [3.05, 3.63) is 47.2 Å². The number of sulfonamides is 1. The van der Waals surface area contributed by atoms with E-state index in [-0.39, 0.29) is 21.8 Å². The molecule has 1 aromatic carbocycles. The van der Waals surface area contributed by atoms with Crippen LogP contribution in [0, 0.1) is 0 Å². The highest BCUT2D eigenvalue weighted by molar-refractivity contribution is 7.89. The van der Waals surface area contributed by atoms with Crippen LogP contribution >= 0.6 is 11.6 Å². The van der Waals surface area contributed by atoms with Gasteiger partial charge in [-0.25, -0.2) is 18.1 Å². The summed E-state index contributed by atoms with van der Waals surface area (Å²) in [5.41, 5.74) is 0.547. The summed E-state index contributed by atoms with van der Waals surface area (Å²) in [7, 11) is -2.20. The quantitative estimate of drug-likeness (QED) is 0.749. The Labute approximate surface area is 150 Å². The van der Waals surface area contributed by atoms with Crippen molar-refractivity contribution in [1.29, 1.82) is 0 Å². The van der Waals surface area contributed by atoms with Gasteiger partial charge in [0.05, 0.1) is 17.7 Å². The Bertz CT molecular complexity index is 913. The maximum Gasteiger partial charge on any atom is 0.255 e. The molecular weight excluding hydrogens is 366 g/mol. The number of hydrogen-bond donors (Lipinski definition) is 2. The summed E-state index contributed by atoms with van der Waals surface area (Å²) < 4.78 is 32.5. The van der Waals surface area contributed by atoms with Crippen LogP contribution in [0.5, 0.6) is 5.75 Å². The molecule has 1 fully saturated rings. The highest BCUT2D eigenvalue weighted by Crippen LogP contribution is 2.29. The van der Waals surface area contributed by atoms with E-state index in [0.29, 0.717) is 11.3 Å². The van der Waals surface area contributed by atoms with Crippen molar-refractivity contribution in [2.45, 2.75) is 23.8 Å². The fourth-order valence-electron chi connectivity index (χ4n) is 2.18. The molecule has 132 valence electrons. The van der Waals surface area contributed by atoms with Crippen LogP contribution in [0.3, 0.4) is 0 Å². The summed E-state index contributed by atoms with van der Waals surface area (Å²) in [5.74, 6) is -0.105. The van der Waals surface area contributed by atoms with Gasteiger partial charge in [0, 0.05) is 17.8 Å². The summed E-state index contributed by atoms with van der Waals surface area (Å²) in [5, 5.41) is 2.83. The molecule has 1 amide bonds. The lowest BCUT2D eigenvalue weighted by Gasteiger charge is -2.13. The van der Waals surface area contributed by atoms with Crippen molar-refractivity contribution < 1.29 is 17.9 Å². The van der Waals surface area contributed by atoms with E-state index in [1.165, 1.54) is 43.6 Å². The van der Waals surface area contributed by atoms with Crippen LogP contribution in [0.1, 0.15) is 23.2 Å². The Kier molecular flexibility index (Phi) is 4.94. The molecule has 25 heavy (non-hydrogen) atoms. The third-order valence-corrected chi connectivity index (χ3v) is 5.34. The zero-order valence-corrected chi connectivity index (χ0v) is 14.9. The number of aromatic nitrogens is 1. The van der Waals surface area contributed by atoms with Crippen LogP contribution < -0.4 is 14.8 Å². The van der Waals surface area contributed by atoms with Gasteiger partial charge in [0.15, 0.2) is 0 Å². The molecule has 9 heteroatoms. The van der Waals surface area contributed by atoms with Gasteiger partial charge in [-0.05, 0) is 43.2 Å². The number of halogens is 1. The van der Waals surface area contributed by atoms with Crippen LogP contribution in [0.4, 0.5) is 5.69 Å². The number of hydrogen-bond acceptors (Lipinski definition) is 5. The first-order valence-corrected chi connectivity index (χ1v) is 9.38. The second-order valence-electron chi connectivity index (χ2n) is 5.58. The minimum absolute atomic E-state index is 0.0101. The summed E-state index contributed by atoms with van der Waals surface area (Å²) in [6, 6.07) is 7.20. The maximum absolute atomic E-state index is 12.4. The number of anilines is 1. The first-order valence-electron chi connectivity index (χ1n) is 7.52. The predicted molar refractivity (Wildman–Crippen MR) is 93.5 cm³/mol. The highest BCUT2D eigenvalue weighted by atomic mass is 35.5. The monoisotopic (exact) mass is 381 g/mol. The van der Waals surface area contributed by atoms with Crippen LogP contribution in [0.2, 0.25) is 5.15 Å². The average molecular weight is 382 g/mol. The van der Waals surface area contributed by atoms with E-state index < -0.39 is 15.9 Å². The van der Waals surface area contributed by atoms with Gasteiger partial charge >= 0.3 is 0 Å². The molecule has 2 N–H and O–H groups in total. The minimum atomic E-state index is -3.64. The second-order valence-corrected chi connectivity index (χ2v) is 7.68. The molecule has 0 bridgehead atoms. The van der Waals surface area contributed by atoms with E-state index in [4.69, 9.17) is 16.3 Å². The molecule has 3 rings (SSSR count). The molecule has 0 radical (unpaired) electrons. The normalized spacial score (nSPS) is 14.2. The average Bonchev–Trinajstić information content (AvgIpc) is 3.38. The fourth-order valence-corrected chi connectivity index (χ4v) is 3.68. The van der Waals surface area contributed by atoms with Gasteiger partial charge in [-0.3, -0.25) is 4.79 Å². The van der Waals surface area contributed by atoms with Gasteiger partial charge in [-0.15, -0.1) is 0 Å². The van der Waals surface area contributed by atoms with E-state index in [0.717, 1.165) is 12.8 Å². The maximum atomic E-state index is 12.4. The number of amides is 1. The van der Waals surface area contributed by atoms with Crippen LogP contribution in [-0.4, -0.2) is 32.5 Å². The Morgan fingerprint density at radius 2 is 2.04 bits per heavy atom. The molecule has 7 nitrogen and oxygen atoms in total. The van der Waals surface area contributed by atoms with Crippen LogP contribution in [0.25, 0.3) is 0 Å². The molecule has 1 aliphatic rings. The highest BCUT2D eigenvalue weighted by Gasteiger charge is 2.28. The van der Waals surface area contributed by atoms with Gasteiger partial charge in [-0.2, -0.15) is 0 Å². The molecular formula is C16H16ClN3O4S. The number of carbonyl (C=O) groups excluding carboxylic acids is 1. The molecule has 0 spiro atoms. The number of nitrogens with one attached hydrogen (secondary N) is 2. The Morgan fingerprint density at radius 1 is 1.28 bits per heavy atom. The second kappa shape index (κ2) is 6.99. The summed E-state index contributed by atoms with van der Waals surface area (Å²) in [4.78, 5) is 16.2. The lowest BCUT2D eigenvalue weighted by molar-refractivity contribution is 0.102. The zero-order valence-electron chi connectivity index (χ0n) is 13.3. The van der Waals surface area contributed by atoms with Gasteiger partial charge in [0.2, 0.25) is 10.0 Å². The third-order valence-electron chi connectivity index (χ3n) is 3.62. The number of pyridine rings is 1. The van der Waals surface area contributed by atoms with E-state index in [2.05, 4.69) is 15.0 Å². The number of carbonyl (C=O) groups is 1. The van der Waals surface area contributed by atoms with E-state index in [1.807, 2.05) is 0 Å². The summed E-state index contributed by atoms with van der Waals surface area (Å²) >= 11 is 5.79. The molecule has 1 saturated carbocycles. The van der Waals surface area contributed by atoms with E-state index in [1.54, 1.807) is 0 Å². The zero-order chi connectivity index (χ0) is 18.0. The Balaban J connectivity index is 1.88. The third kappa shape index (κ3) is 4.28. The van der Waals surface area contributed by atoms with Crippen molar-refractivity contribution in [2.24, 2.45) is 0 Å². The molecule has 0 saturated heterocycles. The minimum Gasteiger partial charge on any atom is -0.495 e. The first-order chi connectivity index (χ1) is 11.9. The van der Waals surface area contributed by atoms with Gasteiger partial charge in [0.25, 0.3) is 5.91 Å². The SMILES string of the molecule is COc1ccc(S(=O)(=O)NC2CC2)cc1NC(=O)c1ccnc(Cl)c1. The number of ether oxygens (including phenoxy) is 1. The molecule has 0 atom stereocenters. The topological polar surface area (TPSA) is 97.4 Å². The molecule has 1 heterocycles. The Morgan fingerprint density at radius 3 is 2.68 bits per heavy atom. The first kappa shape index (κ1) is 17.7. The molecule has 0 aliphatic heterocycles. The lowest BCUT2D eigenvalue weighted by Crippen LogP contribution is -2.25. The smallest absolute Gasteiger partial charge is 0.255 e.